The molecule has 5 rings (SSSR count). The number of carbonyl (C=O) groups excluding carboxylic acids is 2. The van der Waals surface area contributed by atoms with Gasteiger partial charge >= 0.3 is 6.18 Å². The Hall–Kier alpha value is -4.06. The third kappa shape index (κ3) is 7.48. The van der Waals surface area contributed by atoms with Gasteiger partial charge in [-0.15, -0.1) is 10.2 Å². The number of halogens is 3. The fourth-order valence-electron chi connectivity index (χ4n) is 5.09. The van der Waals surface area contributed by atoms with Crippen LogP contribution >= 0.6 is 11.8 Å². The van der Waals surface area contributed by atoms with Crippen molar-refractivity contribution in [3.63, 3.8) is 0 Å². The molecule has 0 radical (unpaired) electrons. The molecule has 2 aromatic carbocycles. The lowest BCUT2D eigenvalue weighted by Crippen LogP contribution is -2.55. The number of nitrogens with zero attached hydrogens (tertiary/aromatic N) is 5. The zero-order valence-corrected chi connectivity index (χ0v) is 24.5. The SMILES string of the molecule is CC1CN(C(=O)CCCCSc2nnc(Cc3ccccc3)n2-c2cccc(C(F)(F)F)c2)CCN1C(=O)c1ccco1. The Morgan fingerprint density at radius 2 is 1.81 bits per heavy atom. The zero-order chi connectivity index (χ0) is 30.4. The van der Waals surface area contributed by atoms with Crippen LogP contribution in [0.4, 0.5) is 13.2 Å². The zero-order valence-electron chi connectivity index (χ0n) is 23.7. The molecule has 2 amide bonds. The van der Waals surface area contributed by atoms with Crippen LogP contribution in [0.5, 0.6) is 0 Å². The molecule has 8 nitrogen and oxygen atoms in total. The van der Waals surface area contributed by atoms with Gasteiger partial charge in [0.1, 0.15) is 5.82 Å². The Bertz CT molecular complexity index is 1530. The van der Waals surface area contributed by atoms with E-state index in [2.05, 4.69) is 10.2 Å². The van der Waals surface area contributed by atoms with Crippen LogP contribution < -0.4 is 0 Å². The number of rotatable bonds is 10. The molecule has 4 aromatic rings. The summed E-state index contributed by atoms with van der Waals surface area (Å²) in [5, 5.41) is 9.14. The molecule has 1 unspecified atom stereocenters. The van der Waals surface area contributed by atoms with Crippen LogP contribution in [0.3, 0.4) is 0 Å². The highest BCUT2D eigenvalue weighted by atomic mass is 32.2. The Morgan fingerprint density at radius 1 is 1.00 bits per heavy atom. The fourth-order valence-corrected chi connectivity index (χ4v) is 6.06. The molecule has 1 fully saturated rings. The van der Waals surface area contributed by atoms with E-state index in [1.807, 2.05) is 37.3 Å². The smallest absolute Gasteiger partial charge is 0.416 e. The van der Waals surface area contributed by atoms with E-state index < -0.39 is 11.7 Å². The molecular weight excluding hydrogens is 579 g/mol. The van der Waals surface area contributed by atoms with E-state index >= 15 is 0 Å². The number of hydrogen-bond donors (Lipinski definition) is 0. The maximum Gasteiger partial charge on any atom is 0.416 e. The van der Waals surface area contributed by atoms with Gasteiger partial charge in [-0.1, -0.05) is 48.2 Å². The minimum absolute atomic E-state index is 0.0410. The molecule has 1 saturated heterocycles. The van der Waals surface area contributed by atoms with Crippen molar-refractivity contribution in [2.75, 3.05) is 25.4 Å². The summed E-state index contributed by atoms with van der Waals surface area (Å²) in [5.41, 5.74) is 0.584. The summed E-state index contributed by atoms with van der Waals surface area (Å²) in [4.78, 5) is 29.1. The number of furan rings is 1. The normalized spacial score (nSPS) is 15.6. The molecule has 3 heterocycles. The maximum atomic E-state index is 13.5. The van der Waals surface area contributed by atoms with Crippen LogP contribution in [0.1, 0.15) is 53.7 Å². The highest BCUT2D eigenvalue weighted by molar-refractivity contribution is 7.99. The van der Waals surface area contributed by atoms with E-state index in [4.69, 9.17) is 4.42 Å². The molecule has 0 N–H and O–H groups in total. The van der Waals surface area contributed by atoms with Crippen molar-refractivity contribution in [2.45, 2.75) is 50.0 Å². The molecule has 1 aliphatic heterocycles. The molecule has 1 atom stereocenters. The quantitative estimate of drug-likeness (QED) is 0.159. The van der Waals surface area contributed by atoms with E-state index in [1.165, 1.54) is 24.1 Å². The lowest BCUT2D eigenvalue weighted by atomic mass is 10.1. The van der Waals surface area contributed by atoms with Crippen molar-refractivity contribution in [3.8, 4) is 5.69 Å². The Morgan fingerprint density at radius 3 is 2.53 bits per heavy atom. The number of piperazine rings is 1. The van der Waals surface area contributed by atoms with Gasteiger partial charge in [0.05, 0.1) is 17.5 Å². The fraction of sp³-hybridized carbons (Fsp3) is 0.355. The number of alkyl halides is 3. The van der Waals surface area contributed by atoms with Crippen LogP contribution in [-0.4, -0.2) is 67.8 Å². The Kier molecular flexibility index (Phi) is 9.54. The van der Waals surface area contributed by atoms with Gasteiger partial charge in [-0.25, -0.2) is 0 Å². The first-order chi connectivity index (χ1) is 20.7. The lowest BCUT2D eigenvalue weighted by molar-refractivity contribution is -0.137. The lowest BCUT2D eigenvalue weighted by Gasteiger charge is -2.39. The predicted octanol–water partition coefficient (Wildman–Crippen LogP) is 6.11. The first kappa shape index (κ1) is 30.4. The molecule has 226 valence electrons. The highest BCUT2D eigenvalue weighted by Gasteiger charge is 2.32. The number of unbranched alkanes of at least 4 members (excludes halogenated alkanes) is 1. The van der Waals surface area contributed by atoms with Crippen molar-refractivity contribution in [3.05, 3.63) is 95.7 Å². The van der Waals surface area contributed by atoms with Gasteiger partial charge in [-0.3, -0.25) is 14.2 Å². The van der Waals surface area contributed by atoms with E-state index in [0.29, 0.717) is 73.5 Å². The van der Waals surface area contributed by atoms with Crippen molar-refractivity contribution in [1.82, 2.24) is 24.6 Å². The topological polar surface area (TPSA) is 84.5 Å². The van der Waals surface area contributed by atoms with Gasteiger partial charge in [0.25, 0.3) is 5.91 Å². The van der Waals surface area contributed by atoms with Crippen LogP contribution in [0, 0.1) is 0 Å². The number of amides is 2. The van der Waals surface area contributed by atoms with Crippen LogP contribution in [0.15, 0.2) is 82.6 Å². The largest absolute Gasteiger partial charge is 0.459 e. The Balaban J connectivity index is 1.17. The van der Waals surface area contributed by atoms with Crippen LogP contribution in [0.25, 0.3) is 5.69 Å². The average molecular weight is 612 g/mol. The molecule has 0 bridgehead atoms. The molecule has 0 spiro atoms. The van der Waals surface area contributed by atoms with Gasteiger partial charge in [0, 0.05) is 44.3 Å². The maximum absolute atomic E-state index is 13.5. The summed E-state index contributed by atoms with van der Waals surface area (Å²) >= 11 is 1.41. The second-order valence-corrected chi connectivity index (χ2v) is 11.5. The van der Waals surface area contributed by atoms with E-state index in [0.717, 1.165) is 17.7 Å². The van der Waals surface area contributed by atoms with Gasteiger partial charge < -0.3 is 14.2 Å². The van der Waals surface area contributed by atoms with Crippen molar-refractivity contribution < 1.29 is 27.2 Å². The first-order valence-electron chi connectivity index (χ1n) is 14.1. The summed E-state index contributed by atoms with van der Waals surface area (Å²) in [6.45, 7) is 3.29. The molecule has 43 heavy (non-hydrogen) atoms. The van der Waals surface area contributed by atoms with Gasteiger partial charge in [0.15, 0.2) is 10.9 Å². The second-order valence-electron chi connectivity index (χ2n) is 10.4. The standard InChI is InChI=1S/C31H32F3N5O3S/c1-22-21-37(15-16-38(22)29(41)26-13-8-17-42-26)28(40)14-5-6-18-43-30-36-35-27(19-23-9-3-2-4-10-23)39(30)25-12-7-11-24(20-25)31(32,33)34/h2-4,7-13,17,20,22H,5-6,14-16,18-19,21H2,1H3. The third-order valence-corrected chi connectivity index (χ3v) is 8.34. The summed E-state index contributed by atoms with van der Waals surface area (Å²) in [6, 6.07) is 17.9. The number of hydrogen-bond acceptors (Lipinski definition) is 6. The minimum atomic E-state index is -4.47. The van der Waals surface area contributed by atoms with Crippen molar-refractivity contribution >= 4 is 23.6 Å². The van der Waals surface area contributed by atoms with Crippen molar-refractivity contribution in [2.24, 2.45) is 0 Å². The monoisotopic (exact) mass is 611 g/mol. The summed E-state index contributed by atoms with van der Waals surface area (Å²) in [7, 11) is 0. The minimum Gasteiger partial charge on any atom is -0.459 e. The molecule has 2 aromatic heterocycles. The van der Waals surface area contributed by atoms with E-state index in [9.17, 15) is 22.8 Å². The molecule has 0 saturated carbocycles. The van der Waals surface area contributed by atoms with E-state index in [1.54, 1.807) is 32.6 Å². The van der Waals surface area contributed by atoms with E-state index in [-0.39, 0.29) is 17.9 Å². The van der Waals surface area contributed by atoms with Gasteiger partial charge in [0.2, 0.25) is 5.91 Å². The first-order valence-corrected chi connectivity index (χ1v) is 15.1. The Labute approximate surface area is 251 Å². The number of benzene rings is 2. The summed E-state index contributed by atoms with van der Waals surface area (Å²) in [6.07, 6.45) is -0.846. The highest BCUT2D eigenvalue weighted by Crippen LogP contribution is 2.32. The average Bonchev–Trinajstić information content (AvgIpc) is 3.67. The van der Waals surface area contributed by atoms with Crippen molar-refractivity contribution in [1.29, 1.82) is 0 Å². The number of carbonyl (C=O) groups is 2. The van der Waals surface area contributed by atoms with Gasteiger partial charge in [-0.05, 0) is 55.7 Å². The molecule has 1 aliphatic rings. The third-order valence-electron chi connectivity index (χ3n) is 7.33. The van der Waals surface area contributed by atoms with Gasteiger partial charge in [-0.2, -0.15) is 13.2 Å². The number of aromatic nitrogens is 3. The molecular formula is C31H32F3N5O3S. The summed E-state index contributed by atoms with van der Waals surface area (Å²) in [5.74, 6) is 1.32. The second kappa shape index (κ2) is 13.5. The predicted molar refractivity (Wildman–Crippen MR) is 156 cm³/mol. The molecule has 12 heteroatoms. The van der Waals surface area contributed by atoms with Crippen LogP contribution in [-0.2, 0) is 17.4 Å². The molecule has 0 aliphatic carbocycles. The number of thioether (sulfide) groups is 1. The summed E-state index contributed by atoms with van der Waals surface area (Å²) < 4.78 is 47.4. The van der Waals surface area contributed by atoms with Crippen LogP contribution in [0.2, 0.25) is 0 Å².